The summed E-state index contributed by atoms with van der Waals surface area (Å²) in [6.45, 7) is 8.30. The Kier molecular flexibility index (Phi) is 9.48. The van der Waals surface area contributed by atoms with E-state index < -0.39 is 4.75 Å². The Morgan fingerprint density at radius 2 is 1.96 bits per heavy atom. The van der Waals surface area contributed by atoms with Crippen molar-refractivity contribution in [3.63, 3.8) is 0 Å². The second kappa shape index (κ2) is 10.8. The molecule has 1 amide bonds. The van der Waals surface area contributed by atoms with Crippen molar-refractivity contribution >= 4 is 24.2 Å². The van der Waals surface area contributed by atoms with E-state index in [0.717, 1.165) is 49.8 Å². The molecule has 3 N–H and O–H groups in total. The number of nitrogens with one attached hydrogen (secondary N) is 1. The molecule has 0 fully saturated rings. The molecular formula is C21H35FN2OS. The number of halogens is 1. The van der Waals surface area contributed by atoms with Crippen LogP contribution in [0.4, 0.5) is 10.1 Å². The number of carbonyl (C=O) groups excluding carboxylic acids is 1. The van der Waals surface area contributed by atoms with Gasteiger partial charge >= 0.3 is 0 Å². The molecule has 2 unspecified atom stereocenters. The Bertz CT molecular complexity index is 581. The van der Waals surface area contributed by atoms with Gasteiger partial charge in [-0.05, 0) is 68.7 Å². The molecule has 148 valence electrons. The number of amides is 1. The number of aryl methyl sites for hydroxylation is 1. The van der Waals surface area contributed by atoms with E-state index in [2.05, 4.69) is 31.8 Å². The normalized spacial score (nSPS) is 15.9. The van der Waals surface area contributed by atoms with Crippen LogP contribution in [0, 0.1) is 11.7 Å². The zero-order chi connectivity index (χ0) is 19.7. The minimum absolute atomic E-state index is 0.195. The Hall–Kier alpha value is -1.23. The molecule has 0 saturated heterocycles. The first-order valence-electron chi connectivity index (χ1n) is 9.82. The van der Waals surface area contributed by atoms with Gasteiger partial charge in [-0.25, -0.2) is 4.39 Å². The molecule has 0 aliphatic carbocycles. The number of hydrogen-bond acceptors (Lipinski definition) is 3. The van der Waals surface area contributed by atoms with E-state index in [0.29, 0.717) is 12.3 Å². The van der Waals surface area contributed by atoms with Crippen LogP contribution in [0.1, 0.15) is 71.8 Å². The van der Waals surface area contributed by atoms with Crippen molar-refractivity contribution < 1.29 is 9.18 Å². The summed E-state index contributed by atoms with van der Waals surface area (Å²) in [4.78, 5) is 11.8. The molecular weight excluding hydrogens is 347 g/mol. The third-order valence-corrected chi connectivity index (χ3v) is 5.94. The lowest BCUT2D eigenvalue weighted by Crippen LogP contribution is -2.40. The van der Waals surface area contributed by atoms with Gasteiger partial charge < -0.3 is 11.1 Å². The minimum atomic E-state index is -0.719. The maximum absolute atomic E-state index is 13.4. The summed E-state index contributed by atoms with van der Waals surface area (Å²) < 4.78 is 12.7. The Balaban J connectivity index is 2.67. The van der Waals surface area contributed by atoms with Gasteiger partial charge in [0.25, 0.3) is 0 Å². The average molecular weight is 383 g/mol. The fourth-order valence-electron chi connectivity index (χ4n) is 3.47. The van der Waals surface area contributed by atoms with Crippen LogP contribution in [-0.4, -0.2) is 16.7 Å². The number of anilines is 1. The van der Waals surface area contributed by atoms with Gasteiger partial charge in [-0.15, -0.1) is 0 Å². The van der Waals surface area contributed by atoms with Gasteiger partial charge in [0.15, 0.2) is 0 Å². The quantitative estimate of drug-likeness (QED) is 0.427. The predicted octanol–water partition coefficient (Wildman–Crippen LogP) is 5.34. The van der Waals surface area contributed by atoms with Crippen molar-refractivity contribution in [2.45, 2.75) is 83.4 Å². The summed E-state index contributed by atoms with van der Waals surface area (Å²) in [5.41, 5.74) is 7.57. The summed E-state index contributed by atoms with van der Waals surface area (Å²) >= 11 is 4.58. The first-order chi connectivity index (χ1) is 12.3. The van der Waals surface area contributed by atoms with Crippen molar-refractivity contribution in [3.05, 3.63) is 29.6 Å². The molecule has 0 spiro atoms. The molecule has 26 heavy (non-hydrogen) atoms. The second-order valence-electron chi connectivity index (χ2n) is 7.39. The average Bonchev–Trinajstić information content (AvgIpc) is 2.61. The Labute approximate surface area is 163 Å². The molecule has 0 saturated carbocycles. The summed E-state index contributed by atoms with van der Waals surface area (Å²) in [7, 11) is 0. The molecule has 1 rings (SSSR count). The Morgan fingerprint density at radius 1 is 1.27 bits per heavy atom. The smallest absolute Gasteiger partial charge is 0.233 e. The van der Waals surface area contributed by atoms with Crippen molar-refractivity contribution in [2.75, 3.05) is 5.32 Å². The highest BCUT2D eigenvalue weighted by molar-refractivity contribution is 7.82. The van der Waals surface area contributed by atoms with E-state index in [1.807, 2.05) is 19.9 Å². The fraction of sp³-hybridized carbons (Fsp3) is 0.667. The lowest BCUT2D eigenvalue weighted by Gasteiger charge is -2.29. The van der Waals surface area contributed by atoms with E-state index in [9.17, 15) is 9.18 Å². The predicted molar refractivity (Wildman–Crippen MR) is 112 cm³/mol. The van der Waals surface area contributed by atoms with Gasteiger partial charge in [0.1, 0.15) is 5.82 Å². The second-order valence-corrected chi connectivity index (χ2v) is 8.24. The number of benzene rings is 1. The standard InChI is InChI=1S/C21H35FN2OS/c1-5-8-16(14-21(26,7-3)20(23)25)10-9-15(4)24-19-12-11-18(22)13-17(19)6-2/h11-13,15-16,24,26H,5-10,14H2,1-4H3,(H2,23,25)/t15?,16?,21-/m1/s1. The van der Waals surface area contributed by atoms with E-state index >= 15 is 0 Å². The molecule has 0 aliphatic rings. The molecule has 3 nitrogen and oxygen atoms in total. The summed E-state index contributed by atoms with van der Waals surface area (Å²) in [6.07, 6.45) is 6.31. The van der Waals surface area contributed by atoms with Gasteiger partial charge in [0.2, 0.25) is 5.91 Å². The van der Waals surface area contributed by atoms with E-state index in [1.54, 1.807) is 6.07 Å². The number of thiol groups is 1. The van der Waals surface area contributed by atoms with Crippen LogP contribution in [0.25, 0.3) is 0 Å². The molecule has 0 bridgehead atoms. The lowest BCUT2D eigenvalue weighted by atomic mass is 9.84. The van der Waals surface area contributed by atoms with Crippen molar-refractivity contribution in [2.24, 2.45) is 11.7 Å². The first-order valence-corrected chi connectivity index (χ1v) is 10.3. The largest absolute Gasteiger partial charge is 0.382 e. The van der Waals surface area contributed by atoms with Gasteiger partial charge in [-0.2, -0.15) is 12.6 Å². The lowest BCUT2D eigenvalue weighted by molar-refractivity contribution is -0.120. The summed E-state index contributed by atoms with van der Waals surface area (Å²) in [6, 6.07) is 5.18. The van der Waals surface area contributed by atoms with Crippen LogP contribution in [-0.2, 0) is 11.2 Å². The van der Waals surface area contributed by atoms with Gasteiger partial charge in [-0.1, -0.05) is 33.6 Å². The number of carbonyl (C=O) groups is 1. The van der Waals surface area contributed by atoms with E-state index in [1.165, 1.54) is 6.07 Å². The maximum atomic E-state index is 13.4. The highest BCUT2D eigenvalue weighted by atomic mass is 32.1. The molecule has 1 aromatic rings. The number of primary amides is 1. The van der Waals surface area contributed by atoms with Crippen molar-refractivity contribution in [3.8, 4) is 0 Å². The minimum Gasteiger partial charge on any atom is -0.382 e. The number of rotatable bonds is 12. The monoisotopic (exact) mass is 382 g/mol. The number of nitrogens with two attached hydrogens (primary N) is 1. The topological polar surface area (TPSA) is 55.1 Å². The van der Waals surface area contributed by atoms with Crippen LogP contribution >= 0.6 is 12.6 Å². The van der Waals surface area contributed by atoms with Crippen LogP contribution in [0.15, 0.2) is 18.2 Å². The van der Waals surface area contributed by atoms with Crippen LogP contribution in [0.5, 0.6) is 0 Å². The highest BCUT2D eigenvalue weighted by Gasteiger charge is 2.33. The van der Waals surface area contributed by atoms with Gasteiger partial charge in [0, 0.05) is 11.7 Å². The third-order valence-electron chi connectivity index (χ3n) is 5.22. The maximum Gasteiger partial charge on any atom is 0.233 e. The zero-order valence-electron chi connectivity index (χ0n) is 16.6. The summed E-state index contributed by atoms with van der Waals surface area (Å²) in [5.74, 6) is -0.0956. The fourth-order valence-corrected chi connectivity index (χ4v) is 3.73. The molecule has 0 aromatic heterocycles. The third kappa shape index (κ3) is 6.82. The van der Waals surface area contributed by atoms with E-state index in [-0.39, 0.29) is 17.8 Å². The molecule has 0 aliphatic heterocycles. The van der Waals surface area contributed by atoms with Crippen LogP contribution < -0.4 is 11.1 Å². The molecule has 1 aromatic carbocycles. The molecule has 0 heterocycles. The Morgan fingerprint density at radius 3 is 2.50 bits per heavy atom. The van der Waals surface area contributed by atoms with Gasteiger partial charge in [-0.3, -0.25) is 4.79 Å². The summed E-state index contributed by atoms with van der Waals surface area (Å²) in [5, 5.41) is 3.51. The van der Waals surface area contributed by atoms with Crippen molar-refractivity contribution in [1.29, 1.82) is 0 Å². The highest BCUT2D eigenvalue weighted by Crippen LogP contribution is 2.32. The van der Waals surface area contributed by atoms with Crippen LogP contribution in [0.3, 0.4) is 0 Å². The molecule has 3 atom stereocenters. The van der Waals surface area contributed by atoms with E-state index in [4.69, 9.17) is 5.73 Å². The van der Waals surface area contributed by atoms with Crippen molar-refractivity contribution in [1.82, 2.24) is 0 Å². The first kappa shape index (κ1) is 22.8. The molecule has 0 radical (unpaired) electrons. The van der Waals surface area contributed by atoms with Crippen LogP contribution in [0.2, 0.25) is 0 Å². The van der Waals surface area contributed by atoms with Gasteiger partial charge in [0.05, 0.1) is 4.75 Å². The number of hydrogen-bond donors (Lipinski definition) is 3. The zero-order valence-corrected chi connectivity index (χ0v) is 17.5. The molecule has 5 heteroatoms. The SMILES string of the molecule is CCCC(CCC(C)Nc1ccc(F)cc1CC)C[C@](S)(CC)C(N)=O.